The molecule has 0 atom stereocenters. The van der Waals surface area contributed by atoms with Gasteiger partial charge in [-0.15, -0.1) is 10.2 Å². The average molecular weight is 328 g/mol. The summed E-state index contributed by atoms with van der Waals surface area (Å²) in [5.41, 5.74) is -0.936. The number of fused-ring (bicyclic) bond motifs is 1. The first kappa shape index (κ1) is 14.9. The second-order valence-corrected chi connectivity index (χ2v) is 5.75. The molecular formula is C13H11F3N4OS. The summed E-state index contributed by atoms with van der Waals surface area (Å²) in [7, 11) is 0. The Morgan fingerprint density at radius 2 is 2.14 bits per heavy atom. The van der Waals surface area contributed by atoms with Crippen molar-refractivity contribution >= 4 is 23.6 Å². The fourth-order valence-corrected chi connectivity index (χ4v) is 2.97. The van der Waals surface area contributed by atoms with E-state index in [9.17, 15) is 18.0 Å². The Bertz CT molecular complexity index is 714. The predicted molar refractivity (Wildman–Crippen MR) is 74.8 cm³/mol. The van der Waals surface area contributed by atoms with Gasteiger partial charge in [0.2, 0.25) is 5.95 Å². The molecule has 5 nitrogen and oxygen atoms in total. The van der Waals surface area contributed by atoms with Gasteiger partial charge < -0.3 is 0 Å². The number of amides is 1. The lowest BCUT2D eigenvalue weighted by molar-refractivity contribution is -0.137. The SMILES string of the molecule is O=C(Nc1nnc2n1CCCS2)c1cccc(C(F)(F)F)c1. The zero-order valence-electron chi connectivity index (χ0n) is 11.2. The highest BCUT2D eigenvalue weighted by atomic mass is 32.2. The molecule has 0 fully saturated rings. The summed E-state index contributed by atoms with van der Waals surface area (Å²) >= 11 is 1.53. The van der Waals surface area contributed by atoms with E-state index in [4.69, 9.17) is 0 Å². The lowest BCUT2D eigenvalue weighted by Gasteiger charge is -2.14. The molecule has 116 valence electrons. The minimum atomic E-state index is -4.49. The van der Waals surface area contributed by atoms with Crippen LogP contribution >= 0.6 is 11.8 Å². The Morgan fingerprint density at radius 1 is 1.32 bits per heavy atom. The molecule has 0 radical (unpaired) electrons. The molecule has 0 bridgehead atoms. The normalized spacial score (nSPS) is 14.5. The van der Waals surface area contributed by atoms with E-state index in [1.165, 1.54) is 23.9 Å². The number of thioether (sulfide) groups is 1. The van der Waals surface area contributed by atoms with E-state index < -0.39 is 17.6 Å². The molecule has 1 amide bonds. The van der Waals surface area contributed by atoms with E-state index in [0.29, 0.717) is 11.7 Å². The van der Waals surface area contributed by atoms with Crippen LogP contribution in [0.25, 0.3) is 0 Å². The number of nitrogens with zero attached hydrogens (tertiary/aromatic N) is 3. The van der Waals surface area contributed by atoms with Gasteiger partial charge in [0.25, 0.3) is 5.91 Å². The molecule has 0 saturated heterocycles. The zero-order chi connectivity index (χ0) is 15.7. The second kappa shape index (κ2) is 5.64. The number of anilines is 1. The number of hydrogen-bond donors (Lipinski definition) is 1. The first-order valence-corrected chi connectivity index (χ1v) is 7.48. The van der Waals surface area contributed by atoms with Crippen LogP contribution < -0.4 is 5.32 Å². The first-order chi connectivity index (χ1) is 10.4. The van der Waals surface area contributed by atoms with Crippen molar-refractivity contribution in [3.05, 3.63) is 35.4 Å². The van der Waals surface area contributed by atoms with Crippen molar-refractivity contribution in [3.63, 3.8) is 0 Å². The van der Waals surface area contributed by atoms with Crippen molar-refractivity contribution in [1.29, 1.82) is 0 Å². The van der Waals surface area contributed by atoms with E-state index in [-0.39, 0.29) is 11.5 Å². The van der Waals surface area contributed by atoms with Crippen molar-refractivity contribution in [1.82, 2.24) is 14.8 Å². The topological polar surface area (TPSA) is 59.8 Å². The standard InChI is InChI=1S/C13H11F3N4OS/c14-13(15,16)9-4-1-3-8(7-9)10(21)17-11-18-19-12-20(11)5-2-6-22-12/h1,3-4,7H,2,5-6H2,(H,17,18,21). The molecule has 0 unspecified atom stereocenters. The molecular weight excluding hydrogens is 317 g/mol. The summed E-state index contributed by atoms with van der Waals surface area (Å²) in [5, 5.41) is 11.0. The van der Waals surface area contributed by atoms with Gasteiger partial charge in [-0.25, -0.2) is 0 Å². The van der Waals surface area contributed by atoms with Gasteiger partial charge in [0.1, 0.15) is 0 Å². The maximum Gasteiger partial charge on any atom is 0.416 e. The highest BCUT2D eigenvalue weighted by molar-refractivity contribution is 7.99. The highest BCUT2D eigenvalue weighted by Crippen LogP contribution is 2.30. The molecule has 22 heavy (non-hydrogen) atoms. The molecule has 0 spiro atoms. The Kier molecular flexibility index (Phi) is 3.81. The maximum absolute atomic E-state index is 12.7. The van der Waals surface area contributed by atoms with Gasteiger partial charge in [0.05, 0.1) is 5.56 Å². The third-order valence-electron chi connectivity index (χ3n) is 3.15. The van der Waals surface area contributed by atoms with Crippen molar-refractivity contribution < 1.29 is 18.0 Å². The van der Waals surface area contributed by atoms with Crippen molar-refractivity contribution in [2.75, 3.05) is 11.1 Å². The molecule has 1 aliphatic heterocycles. The molecule has 3 rings (SSSR count). The number of carbonyl (C=O) groups is 1. The Labute approximate surface area is 127 Å². The number of halogens is 3. The smallest absolute Gasteiger partial charge is 0.290 e. The van der Waals surface area contributed by atoms with Gasteiger partial charge >= 0.3 is 6.18 Å². The lowest BCUT2D eigenvalue weighted by Crippen LogP contribution is -2.18. The van der Waals surface area contributed by atoms with E-state index >= 15 is 0 Å². The van der Waals surface area contributed by atoms with Crippen LogP contribution in [0, 0.1) is 0 Å². The Hall–Kier alpha value is -2.03. The number of aromatic nitrogens is 3. The van der Waals surface area contributed by atoms with Gasteiger partial charge in [0, 0.05) is 17.9 Å². The van der Waals surface area contributed by atoms with E-state index in [0.717, 1.165) is 24.3 Å². The van der Waals surface area contributed by atoms with Crippen LogP contribution in [0.15, 0.2) is 29.4 Å². The third kappa shape index (κ3) is 2.94. The monoisotopic (exact) mass is 328 g/mol. The average Bonchev–Trinajstić information content (AvgIpc) is 2.90. The maximum atomic E-state index is 12.7. The predicted octanol–water partition coefficient (Wildman–Crippen LogP) is 3.05. The van der Waals surface area contributed by atoms with Crippen LogP contribution in [0.2, 0.25) is 0 Å². The second-order valence-electron chi connectivity index (χ2n) is 4.69. The lowest BCUT2D eigenvalue weighted by atomic mass is 10.1. The number of benzene rings is 1. The summed E-state index contributed by atoms with van der Waals surface area (Å²) < 4.78 is 39.8. The van der Waals surface area contributed by atoms with Gasteiger partial charge in [-0.3, -0.25) is 14.7 Å². The highest BCUT2D eigenvalue weighted by Gasteiger charge is 2.31. The minimum Gasteiger partial charge on any atom is -0.290 e. The van der Waals surface area contributed by atoms with E-state index in [2.05, 4.69) is 15.5 Å². The first-order valence-electron chi connectivity index (χ1n) is 6.50. The van der Waals surface area contributed by atoms with Crippen LogP contribution in [0.3, 0.4) is 0 Å². The molecule has 1 aromatic heterocycles. The zero-order valence-corrected chi connectivity index (χ0v) is 12.0. The summed E-state index contributed by atoms with van der Waals surface area (Å²) in [6, 6.07) is 4.27. The van der Waals surface area contributed by atoms with E-state index in [1.54, 1.807) is 4.57 Å². The van der Waals surface area contributed by atoms with Crippen LogP contribution in [0.5, 0.6) is 0 Å². The van der Waals surface area contributed by atoms with E-state index in [1.807, 2.05) is 0 Å². The number of hydrogen-bond acceptors (Lipinski definition) is 4. The molecule has 1 aliphatic rings. The van der Waals surface area contributed by atoms with Crippen LogP contribution in [-0.4, -0.2) is 26.4 Å². The molecule has 9 heteroatoms. The van der Waals surface area contributed by atoms with Gasteiger partial charge in [-0.2, -0.15) is 13.2 Å². The van der Waals surface area contributed by atoms with Crippen molar-refractivity contribution in [2.45, 2.75) is 24.3 Å². The van der Waals surface area contributed by atoms with Gasteiger partial charge in [-0.05, 0) is 24.6 Å². The van der Waals surface area contributed by atoms with Crippen LogP contribution in [-0.2, 0) is 12.7 Å². The molecule has 1 aromatic carbocycles. The number of carbonyl (C=O) groups excluding carboxylic acids is 1. The molecule has 2 heterocycles. The van der Waals surface area contributed by atoms with Crippen molar-refractivity contribution in [2.24, 2.45) is 0 Å². The fraction of sp³-hybridized carbons (Fsp3) is 0.308. The summed E-state index contributed by atoms with van der Waals surface area (Å²) in [5.74, 6) is 0.543. The number of rotatable bonds is 2. The largest absolute Gasteiger partial charge is 0.416 e. The van der Waals surface area contributed by atoms with Crippen molar-refractivity contribution in [3.8, 4) is 0 Å². The molecule has 2 aromatic rings. The number of nitrogens with one attached hydrogen (secondary N) is 1. The summed E-state index contributed by atoms with van der Waals surface area (Å²) in [6.07, 6.45) is -3.57. The van der Waals surface area contributed by atoms with Crippen LogP contribution in [0.1, 0.15) is 22.3 Å². The van der Waals surface area contributed by atoms with Gasteiger partial charge in [-0.1, -0.05) is 17.8 Å². The molecule has 0 aliphatic carbocycles. The quantitative estimate of drug-likeness (QED) is 0.920. The third-order valence-corrected chi connectivity index (χ3v) is 4.20. The fourth-order valence-electron chi connectivity index (χ4n) is 2.09. The summed E-state index contributed by atoms with van der Waals surface area (Å²) in [4.78, 5) is 12.1. The summed E-state index contributed by atoms with van der Waals surface area (Å²) in [6.45, 7) is 0.674. The Morgan fingerprint density at radius 3 is 2.91 bits per heavy atom. The number of alkyl halides is 3. The van der Waals surface area contributed by atoms with Gasteiger partial charge in [0.15, 0.2) is 5.16 Å². The minimum absolute atomic E-state index is 0.0735. The molecule has 0 saturated carbocycles. The van der Waals surface area contributed by atoms with Crippen LogP contribution in [0.4, 0.5) is 19.1 Å². The molecule has 1 N–H and O–H groups in total. The Balaban J connectivity index is 1.82.